The standard InChI is InChI=1S/C12H23NOS/c13-11(12-5-1-2-9-15-12)7-6-10-4-3-8-14-10/h10-12H,1-9,13H2. The maximum Gasteiger partial charge on any atom is 0.0576 e. The van der Waals surface area contributed by atoms with Crippen LogP contribution in [0.15, 0.2) is 0 Å². The van der Waals surface area contributed by atoms with E-state index in [9.17, 15) is 0 Å². The van der Waals surface area contributed by atoms with Crippen LogP contribution in [0, 0.1) is 0 Å². The van der Waals surface area contributed by atoms with Gasteiger partial charge in [-0.2, -0.15) is 11.8 Å². The highest BCUT2D eigenvalue weighted by Gasteiger charge is 2.23. The van der Waals surface area contributed by atoms with E-state index in [-0.39, 0.29) is 0 Å². The van der Waals surface area contributed by atoms with E-state index in [2.05, 4.69) is 11.8 Å². The Balaban J connectivity index is 1.64. The van der Waals surface area contributed by atoms with Crippen molar-refractivity contribution >= 4 is 11.8 Å². The fourth-order valence-corrected chi connectivity index (χ4v) is 3.93. The fraction of sp³-hybridized carbons (Fsp3) is 1.00. The molecule has 2 aliphatic heterocycles. The maximum atomic E-state index is 6.25. The molecule has 2 N–H and O–H groups in total. The van der Waals surface area contributed by atoms with Gasteiger partial charge in [0, 0.05) is 17.9 Å². The fourth-order valence-electron chi connectivity index (χ4n) is 2.54. The molecule has 0 aromatic heterocycles. The predicted molar refractivity (Wildman–Crippen MR) is 66.3 cm³/mol. The first-order chi connectivity index (χ1) is 7.36. The third kappa shape index (κ3) is 3.65. The minimum Gasteiger partial charge on any atom is -0.378 e. The molecule has 88 valence electrons. The Kier molecular flexibility index (Phi) is 4.79. The van der Waals surface area contributed by atoms with Crippen molar-refractivity contribution in [3.63, 3.8) is 0 Å². The Morgan fingerprint density at radius 1 is 1.27 bits per heavy atom. The largest absolute Gasteiger partial charge is 0.378 e. The topological polar surface area (TPSA) is 35.2 Å². The third-order valence-corrected chi connectivity index (χ3v) is 5.08. The van der Waals surface area contributed by atoms with E-state index in [0.29, 0.717) is 12.1 Å². The molecular weight excluding hydrogens is 206 g/mol. The van der Waals surface area contributed by atoms with Gasteiger partial charge in [-0.05, 0) is 44.3 Å². The Bertz CT molecular complexity index is 176. The maximum absolute atomic E-state index is 6.25. The summed E-state index contributed by atoms with van der Waals surface area (Å²) in [5.41, 5.74) is 6.25. The van der Waals surface area contributed by atoms with Crippen molar-refractivity contribution in [1.82, 2.24) is 0 Å². The van der Waals surface area contributed by atoms with Crippen LogP contribution < -0.4 is 5.73 Å². The first-order valence-corrected chi connectivity index (χ1v) is 7.40. The van der Waals surface area contributed by atoms with Gasteiger partial charge in [-0.1, -0.05) is 6.42 Å². The van der Waals surface area contributed by atoms with Gasteiger partial charge in [0.1, 0.15) is 0 Å². The summed E-state index contributed by atoms with van der Waals surface area (Å²) in [6.45, 7) is 0.970. The lowest BCUT2D eigenvalue weighted by atomic mass is 10.0. The molecule has 0 radical (unpaired) electrons. The summed E-state index contributed by atoms with van der Waals surface area (Å²) < 4.78 is 5.63. The number of rotatable bonds is 4. The zero-order valence-corrected chi connectivity index (χ0v) is 10.3. The van der Waals surface area contributed by atoms with E-state index in [1.165, 1.54) is 44.3 Å². The normalized spacial score (nSPS) is 34.2. The summed E-state index contributed by atoms with van der Waals surface area (Å²) in [6, 6.07) is 0.402. The monoisotopic (exact) mass is 229 g/mol. The van der Waals surface area contributed by atoms with Crippen LogP contribution in [0.5, 0.6) is 0 Å². The first-order valence-electron chi connectivity index (χ1n) is 6.35. The highest BCUT2D eigenvalue weighted by Crippen LogP contribution is 2.29. The summed E-state index contributed by atoms with van der Waals surface area (Å²) in [5, 5.41) is 0.722. The molecule has 0 saturated carbocycles. The molecule has 0 aliphatic carbocycles. The Morgan fingerprint density at radius 3 is 2.87 bits per heavy atom. The van der Waals surface area contributed by atoms with Gasteiger partial charge in [0.15, 0.2) is 0 Å². The number of ether oxygens (including phenoxy) is 1. The van der Waals surface area contributed by atoms with Gasteiger partial charge < -0.3 is 10.5 Å². The van der Waals surface area contributed by atoms with Gasteiger partial charge in [-0.15, -0.1) is 0 Å². The number of hydrogen-bond acceptors (Lipinski definition) is 3. The van der Waals surface area contributed by atoms with E-state index in [0.717, 1.165) is 18.3 Å². The van der Waals surface area contributed by atoms with Gasteiger partial charge in [-0.3, -0.25) is 0 Å². The molecule has 3 atom stereocenters. The van der Waals surface area contributed by atoms with E-state index < -0.39 is 0 Å². The van der Waals surface area contributed by atoms with Crippen LogP contribution in [0.2, 0.25) is 0 Å². The third-order valence-electron chi connectivity index (χ3n) is 3.54. The van der Waals surface area contributed by atoms with E-state index in [4.69, 9.17) is 10.5 Å². The second-order valence-corrected chi connectivity index (χ2v) is 6.13. The predicted octanol–water partition coefficient (Wildman–Crippen LogP) is 2.56. The minimum atomic E-state index is 0.402. The van der Waals surface area contributed by atoms with Crippen molar-refractivity contribution < 1.29 is 4.74 Å². The Labute approximate surface area is 97.3 Å². The summed E-state index contributed by atoms with van der Waals surface area (Å²) in [7, 11) is 0. The number of hydrogen-bond donors (Lipinski definition) is 1. The molecule has 2 aliphatic rings. The molecule has 3 unspecified atom stereocenters. The summed E-state index contributed by atoms with van der Waals surface area (Å²) in [4.78, 5) is 0. The average Bonchev–Trinajstić information content (AvgIpc) is 2.80. The smallest absolute Gasteiger partial charge is 0.0576 e. The number of thioether (sulfide) groups is 1. The van der Waals surface area contributed by atoms with Crippen LogP contribution in [0.3, 0.4) is 0 Å². The van der Waals surface area contributed by atoms with Gasteiger partial charge in [0.25, 0.3) is 0 Å². The Morgan fingerprint density at radius 2 is 2.20 bits per heavy atom. The molecule has 2 fully saturated rings. The average molecular weight is 229 g/mol. The van der Waals surface area contributed by atoms with Gasteiger partial charge >= 0.3 is 0 Å². The summed E-state index contributed by atoms with van der Waals surface area (Å²) >= 11 is 2.09. The number of nitrogens with two attached hydrogens (primary N) is 1. The molecule has 15 heavy (non-hydrogen) atoms. The van der Waals surface area contributed by atoms with E-state index >= 15 is 0 Å². The first kappa shape index (κ1) is 11.7. The zero-order valence-electron chi connectivity index (χ0n) is 9.49. The molecule has 2 rings (SSSR count). The molecule has 0 bridgehead atoms. The van der Waals surface area contributed by atoms with Gasteiger partial charge in [-0.25, -0.2) is 0 Å². The Hall–Kier alpha value is 0.270. The van der Waals surface area contributed by atoms with Crippen LogP contribution in [-0.4, -0.2) is 29.8 Å². The second-order valence-electron chi connectivity index (χ2n) is 4.78. The molecule has 0 spiro atoms. The van der Waals surface area contributed by atoms with Crippen LogP contribution in [-0.2, 0) is 4.74 Å². The highest BCUT2D eigenvalue weighted by molar-refractivity contribution is 8.00. The lowest BCUT2D eigenvalue weighted by Gasteiger charge is -2.27. The minimum absolute atomic E-state index is 0.402. The van der Waals surface area contributed by atoms with Crippen molar-refractivity contribution in [1.29, 1.82) is 0 Å². The van der Waals surface area contributed by atoms with Crippen molar-refractivity contribution in [3.8, 4) is 0 Å². The molecular formula is C12H23NOS. The van der Waals surface area contributed by atoms with Crippen LogP contribution in [0.1, 0.15) is 44.9 Å². The molecule has 2 saturated heterocycles. The second kappa shape index (κ2) is 6.12. The SMILES string of the molecule is NC(CCC1CCCO1)C1CCCCS1. The van der Waals surface area contributed by atoms with E-state index in [1.54, 1.807) is 0 Å². The highest BCUT2D eigenvalue weighted by atomic mass is 32.2. The van der Waals surface area contributed by atoms with Crippen LogP contribution in [0.4, 0.5) is 0 Å². The van der Waals surface area contributed by atoms with Crippen LogP contribution in [0.25, 0.3) is 0 Å². The van der Waals surface area contributed by atoms with Crippen molar-refractivity contribution in [2.45, 2.75) is 62.3 Å². The van der Waals surface area contributed by atoms with Gasteiger partial charge in [0.05, 0.1) is 6.10 Å². The summed E-state index contributed by atoms with van der Waals surface area (Å²) in [6.07, 6.45) is 9.45. The quantitative estimate of drug-likeness (QED) is 0.804. The van der Waals surface area contributed by atoms with Crippen LogP contribution >= 0.6 is 11.8 Å². The summed E-state index contributed by atoms with van der Waals surface area (Å²) in [5.74, 6) is 1.32. The van der Waals surface area contributed by atoms with Crippen molar-refractivity contribution in [2.24, 2.45) is 5.73 Å². The molecule has 3 heteroatoms. The van der Waals surface area contributed by atoms with Crippen molar-refractivity contribution in [2.75, 3.05) is 12.4 Å². The molecule has 2 nitrogen and oxygen atoms in total. The molecule has 2 heterocycles. The lowest BCUT2D eigenvalue weighted by Crippen LogP contribution is -2.34. The molecule has 0 aromatic rings. The molecule has 0 aromatic carbocycles. The molecule has 0 amide bonds. The lowest BCUT2D eigenvalue weighted by molar-refractivity contribution is 0.101. The van der Waals surface area contributed by atoms with E-state index in [1.807, 2.05) is 0 Å². The van der Waals surface area contributed by atoms with Crippen molar-refractivity contribution in [3.05, 3.63) is 0 Å². The zero-order chi connectivity index (χ0) is 10.5. The van der Waals surface area contributed by atoms with Gasteiger partial charge in [0.2, 0.25) is 0 Å².